The molecule has 1 aromatic rings. The minimum Gasteiger partial charge on any atom is -0.379 e. The van der Waals surface area contributed by atoms with Gasteiger partial charge in [0, 0.05) is 19.2 Å². The first-order valence-electron chi connectivity index (χ1n) is 7.14. The van der Waals surface area contributed by atoms with Crippen LogP contribution in [0.2, 0.25) is 0 Å². The fraction of sp³-hybridized carbons (Fsp3) is 0.600. The maximum absolute atomic E-state index is 13.2. The number of rotatable bonds is 6. The molecule has 0 amide bonds. The van der Waals surface area contributed by atoms with Crippen molar-refractivity contribution >= 4 is 0 Å². The van der Waals surface area contributed by atoms with Crippen LogP contribution >= 0.6 is 0 Å². The monoisotopic (exact) mass is 321 g/mol. The summed E-state index contributed by atoms with van der Waals surface area (Å²) in [5, 5.41) is 3.07. The van der Waals surface area contributed by atoms with E-state index in [0.29, 0.717) is 25.4 Å². The van der Waals surface area contributed by atoms with Gasteiger partial charge in [-0.3, -0.25) is 0 Å². The molecule has 0 saturated carbocycles. The minimum atomic E-state index is -4.68. The third-order valence-corrected chi connectivity index (χ3v) is 3.46. The lowest BCUT2D eigenvalue weighted by atomic mass is 10.1. The van der Waals surface area contributed by atoms with Crippen molar-refractivity contribution in [2.45, 2.75) is 38.2 Å². The van der Waals surface area contributed by atoms with Crippen LogP contribution < -0.4 is 5.32 Å². The lowest BCUT2D eigenvalue weighted by Gasteiger charge is -2.17. The van der Waals surface area contributed by atoms with E-state index < -0.39 is 17.6 Å². The van der Waals surface area contributed by atoms with Gasteiger partial charge in [-0.2, -0.15) is 13.2 Å². The van der Waals surface area contributed by atoms with Gasteiger partial charge in [0.25, 0.3) is 0 Å². The number of hydrogen-bond acceptors (Lipinski definition) is 3. The van der Waals surface area contributed by atoms with Gasteiger partial charge in [0.2, 0.25) is 0 Å². The van der Waals surface area contributed by atoms with Crippen LogP contribution in [0.25, 0.3) is 0 Å². The van der Waals surface area contributed by atoms with Crippen LogP contribution in [0.3, 0.4) is 0 Å². The quantitative estimate of drug-likeness (QED) is 0.817. The Morgan fingerprint density at radius 3 is 2.82 bits per heavy atom. The van der Waals surface area contributed by atoms with E-state index in [1.54, 1.807) is 0 Å². The third-order valence-electron chi connectivity index (χ3n) is 3.46. The van der Waals surface area contributed by atoms with Gasteiger partial charge < -0.3 is 14.8 Å². The maximum Gasteiger partial charge on any atom is 0.419 e. The third kappa shape index (κ3) is 4.93. The summed E-state index contributed by atoms with van der Waals surface area (Å²) in [6.45, 7) is 3.82. The summed E-state index contributed by atoms with van der Waals surface area (Å²) in [6, 6.07) is 2.99. The largest absolute Gasteiger partial charge is 0.419 e. The number of hydrogen-bond donors (Lipinski definition) is 1. The zero-order valence-electron chi connectivity index (χ0n) is 12.3. The normalized spacial score (nSPS) is 20.3. The van der Waals surface area contributed by atoms with Gasteiger partial charge in [0.15, 0.2) is 0 Å². The predicted octanol–water partition coefficient (Wildman–Crippen LogP) is 3.13. The highest BCUT2D eigenvalue weighted by Crippen LogP contribution is 2.31. The molecule has 1 heterocycles. The minimum absolute atomic E-state index is 0.0278. The molecule has 0 aliphatic carbocycles. The number of nitrogens with one attached hydrogen (secondary N) is 1. The van der Waals surface area contributed by atoms with Crippen molar-refractivity contribution in [3.63, 3.8) is 0 Å². The Balaban J connectivity index is 1.83. The Kier molecular flexibility index (Phi) is 5.77. The van der Waals surface area contributed by atoms with Gasteiger partial charge in [0.05, 0.1) is 24.9 Å². The van der Waals surface area contributed by atoms with Gasteiger partial charge in [-0.05, 0) is 31.0 Å². The van der Waals surface area contributed by atoms with Crippen LogP contribution in [-0.4, -0.2) is 32.0 Å². The van der Waals surface area contributed by atoms with Crippen LogP contribution in [0.5, 0.6) is 0 Å². The Hall–Kier alpha value is -1.18. The maximum atomic E-state index is 13.2. The topological polar surface area (TPSA) is 30.5 Å². The molecule has 2 rings (SSSR count). The first kappa shape index (κ1) is 17.2. The fourth-order valence-electron chi connectivity index (χ4n) is 2.18. The Morgan fingerprint density at radius 2 is 2.18 bits per heavy atom. The fourth-order valence-corrected chi connectivity index (χ4v) is 2.18. The summed E-state index contributed by atoms with van der Waals surface area (Å²) in [5.74, 6) is -1.26. The lowest BCUT2D eigenvalue weighted by molar-refractivity contribution is -0.140. The van der Waals surface area contributed by atoms with Gasteiger partial charge in [-0.1, -0.05) is 6.07 Å². The van der Waals surface area contributed by atoms with E-state index in [0.717, 1.165) is 18.6 Å². The predicted molar refractivity (Wildman–Crippen MR) is 72.9 cm³/mol. The van der Waals surface area contributed by atoms with Crippen LogP contribution in [0, 0.1) is 5.82 Å². The second kappa shape index (κ2) is 7.39. The molecule has 0 aromatic heterocycles. The molecule has 1 aliphatic heterocycles. The Bertz CT molecular complexity index is 487. The molecule has 124 valence electrons. The van der Waals surface area contributed by atoms with Gasteiger partial charge >= 0.3 is 6.18 Å². The lowest BCUT2D eigenvalue weighted by Crippen LogP contribution is -2.32. The first-order valence-corrected chi connectivity index (χ1v) is 7.14. The molecule has 2 atom stereocenters. The van der Waals surface area contributed by atoms with E-state index in [1.165, 1.54) is 6.07 Å². The van der Waals surface area contributed by atoms with E-state index in [2.05, 4.69) is 5.32 Å². The number of halogens is 4. The molecule has 7 heteroatoms. The highest BCUT2D eigenvalue weighted by molar-refractivity contribution is 5.27. The summed E-state index contributed by atoms with van der Waals surface area (Å²) >= 11 is 0. The van der Waals surface area contributed by atoms with Crippen LogP contribution in [-0.2, 0) is 22.2 Å². The number of alkyl halides is 3. The SMILES string of the molecule is CC(COC1CCOC1)NCc1ccc(F)c(C(F)(F)F)c1. The van der Waals surface area contributed by atoms with E-state index in [1.807, 2.05) is 6.92 Å². The van der Waals surface area contributed by atoms with Crippen molar-refractivity contribution < 1.29 is 27.0 Å². The molecular formula is C15H19F4NO2. The van der Waals surface area contributed by atoms with Crippen LogP contribution in [0.4, 0.5) is 17.6 Å². The molecule has 0 spiro atoms. The Labute approximate surface area is 126 Å². The first-order chi connectivity index (χ1) is 10.4. The second-order valence-electron chi connectivity index (χ2n) is 5.41. The molecule has 0 bridgehead atoms. The van der Waals surface area contributed by atoms with E-state index in [-0.39, 0.29) is 18.7 Å². The van der Waals surface area contributed by atoms with Crippen molar-refractivity contribution in [1.29, 1.82) is 0 Å². The average molecular weight is 321 g/mol. The van der Waals surface area contributed by atoms with Crippen molar-refractivity contribution in [3.05, 3.63) is 35.1 Å². The zero-order valence-corrected chi connectivity index (χ0v) is 12.3. The number of ether oxygens (including phenoxy) is 2. The molecule has 0 radical (unpaired) electrons. The van der Waals surface area contributed by atoms with Crippen molar-refractivity contribution in [3.8, 4) is 0 Å². The summed E-state index contributed by atoms with van der Waals surface area (Å²) in [7, 11) is 0. The van der Waals surface area contributed by atoms with Gasteiger partial charge in [-0.15, -0.1) is 0 Å². The summed E-state index contributed by atoms with van der Waals surface area (Å²) in [4.78, 5) is 0. The van der Waals surface area contributed by atoms with E-state index >= 15 is 0 Å². The van der Waals surface area contributed by atoms with E-state index in [4.69, 9.17) is 9.47 Å². The standard InChI is InChI=1S/C15H19F4NO2/c1-10(8-22-12-4-5-21-9-12)20-7-11-2-3-14(16)13(6-11)15(17,18)19/h2-3,6,10,12,20H,4-5,7-9H2,1H3. The molecule has 1 aliphatic rings. The average Bonchev–Trinajstić information content (AvgIpc) is 2.96. The van der Waals surface area contributed by atoms with Crippen LogP contribution in [0.15, 0.2) is 18.2 Å². The molecule has 1 saturated heterocycles. The molecule has 1 aromatic carbocycles. The molecule has 3 nitrogen and oxygen atoms in total. The van der Waals surface area contributed by atoms with E-state index in [9.17, 15) is 17.6 Å². The van der Waals surface area contributed by atoms with Crippen molar-refractivity contribution in [1.82, 2.24) is 5.32 Å². The van der Waals surface area contributed by atoms with Crippen molar-refractivity contribution in [2.24, 2.45) is 0 Å². The Morgan fingerprint density at radius 1 is 1.41 bits per heavy atom. The molecule has 1 N–H and O–H groups in total. The molecule has 1 fully saturated rings. The van der Waals surface area contributed by atoms with Crippen LogP contribution in [0.1, 0.15) is 24.5 Å². The summed E-state index contributed by atoms with van der Waals surface area (Å²) in [6.07, 6.45) is -3.73. The molecule has 22 heavy (non-hydrogen) atoms. The summed E-state index contributed by atoms with van der Waals surface area (Å²) < 4.78 is 61.9. The summed E-state index contributed by atoms with van der Waals surface area (Å²) in [5.41, 5.74) is -0.858. The molecular weight excluding hydrogens is 302 g/mol. The highest BCUT2D eigenvalue weighted by atomic mass is 19.4. The molecule has 2 unspecified atom stereocenters. The van der Waals surface area contributed by atoms with Gasteiger partial charge in [0.1, 0.15) is 5.82 Å². The smallest absolute Gasteiger partial charge is 0.379 e. The zero-order chi connectivity index (χ0) is 16.2. The van der Waals surface area contributed by atoms with Gasteiger partial charge in [-0.25, -0.2) is 4.39 Å². The second-order valence-corrected chi connectivity index (χ2v) is 5.41. The van der Waals surface area contributed by atoms with Crippen molar-refractivity contribution in [2.75, 3.05) is 19.8 Å². The number of benzene rings is 1. The highest BCUT2D eigenvalue weighted by Gasteiger charge is 2.34.